The third kappa shape index (κ3) is 6.98. The first kappa shape index (κ1) is 16.5. The van der Waals surface area contributed by atoms with E-state index in [1.54, 1.807) is 0 Å². The standard InChI is InChI=1S/C12H22N2O4/c1-7(2)11(17-9(5)15)13-14-12(8(3)4)18-10(6)16/h7-8,11-12H,1-6H3/b14-13+. The molecule has 6 heteroatoms. The Morgan fingerprint density at radius 1 is 0.778 bits per heavy atom. The van der Waals surface area contributed by atoms with Gasteiger partial charge >= 0.3 is 11.9 Å². The molecule has 0 saturated heterocycles. The molecular weight excluding hydrogens is 236 g/mol. The van der Waals surface area contributed by atoms with Gasteiger partial charge in [0.2, 0.25) is 12.5 Å². The van der Waals surface area contributed by atoms with Crippen LogP contribution in [0.3, 0.4) is 0 Å². The third-order valence-electron chi connectivity index (χ3n) is 2.01. The fourth-order valence-electron chi connectivity index (χ4n) is 1.06. The lowest BCUT2D eigenvalue weighted by Crippen LogP contribution is -2.23. The average Bonchev–Trinajstić information content (AvgIpc) is 2.20. The number of hydrogen-bond acceptors (Lipinski definition) is 6. The highest BCUT2D eigenvalue weighted by Crippen LogP contribution is 2.14. The van der Waals surface area contributed by atoms with Crippen molar-refractivity contribution in [1.82, 2.24) is 0 Å². The van der Waals surface area contributed by atoms with Crippen LogP contribution in [-0.2, 0) is 19.1 Å². The molecule has 0 aromatic rings. The first-order valence-corrected chi connectivity index (χ1v) is 5.98. The van der Waals surface area contributed by atoms with Crippen molar-refractivity contribution in [3.8, 4) is 0 Å². The summed E-state index contributed by atoms with van der Waals surface area (Å²) in [5, 5.41) is 7.89. The maximum absolute atomic E-state index is 10.9. The Kier molecular flexibility index (Phi) is 7.16. The van der Waals surface area contributed by atoms with Crippen LogP contribution in [0.1, 0.15) is 41.5 Å². The lowest BCUT2D eigenvalue weighted by Gasteiger charge is -2.18. The van der Waals surface area contributed by atoms with E-state index >= 15 is 0 Å². The van der Waals surface area contributed by atoms with Gasteiger partial charge in [-0.3, -0.25) is 9.59 Å². The first-order chi connectivity index (χ1) is 8.23. The van der Waals surface area contributed by atoms with E-state index in [1.165, 1.54) is 13.8 Å². The zero-order valence-electron chi connectivity index (χ0n) is 11.8. The summed E-state index contributed by atoms with van der Waals surface area (Å²) in [6.07, 6.45) is -1.31. The first-order valence-electron chi connectivity index (χ1n) is 5.98. The summed E-state index contributed by atoms with van der Waals surface area (Å²) < 4.78 is 10.0. The Labute approximate surface area is 108 Å². The molecule has 0 fully saturated rings. The Bertz CT molecular complexity index is 283. The predicted octanol–water partition coefficient (Wildman–Crippen LogP) is 2.53. The van der Waals surface area contributed by atoms with Crippen LogP contribution in [0.5, 0.6) is 0 Å². The number of carbonyl (C=O) groups is 2. The van der Waals surface area contributed by atoms with E-state index in [0.29, 0.717) is 0 Å². The van der Waals surface area contributed by atoms with E-state index < -0.39 is 24.4 Å². The van der Waals surface area contributed by atoms with Crippen LogP contribution in [-0.4, -0.2) is 24.4 Å². The molecule has 0 saturated carbocycles. The summed E-state index contributed by atoms with van der Waals surface area (Å²) in [6.45, 7) is 10.1. The van der Waals surface area contributed by atoms with Crippen LogP contribution in [0.15, 0.2) is 10.2 Å². The molecular formula is C12H22N2O4. The summed E-state index contributed by atoms with van der Waals surface area (Å²) in [7, 11) is 0. The molecule has 0 bridgehead atoms. The zero-order chi connectivity index (χ0) is 14.3. The highest BCUT2D eigenvalue weighted by atomic mass is 16.6. The van der Waals surface area contributed by atoms with Crippen LogP contribution in [0, 0.1) is 11.8 Å². The third-order valence-corrected chi connectivity index (χ3v) is 2.01. The van der Waals surface area contributed by atoms with Crippen LogP contribution < -0.4 is 0 Å². The molecule has 104 valence electrons. The molecule has 0 radical (unpaired) electrons. The minimum Gasteiger partial charge on any atom is -0.438 e. The number of rotatable bonds is 6. The maximum Gasteiger partial charge on any atom is 0.304 e. The second kappa shape index (κ2) is 7.79. The molecule has 2 unspecified atom stereocenters. The number of esters is 2. The van der Waals surface area contributed by atoms with Gasteiger partial charge in [-0.1, -0.05) is 27.7 Å². The van der Waals surface area contributed by atoms with Gasteiger partial charge in [0.25, 0.3) is 0 Å². The Morgan fingerprint density at radius 3 is 1.22 bits per heavy atom. The van der Waals surface area contributed by atoms with E-state index in [-0.39, 0.29) is 11.8 Å². The van der Waals surface area contributed by atoms with Gasteiger partial charge in [-0.25, -0.2) is 0 Å². The second-order valence-electron chi connectivity index (χ2n) is 4.72. The monoisotopic (exact) mass is 258 g/mol. The molecule has 0 amide bonds. The van der Waals surface area contributed by atoms with Gasteiger partial charge in [-0.15, -0.1) is 10.2 Å². The van der Waals surface area contributed by atoms with Crippen molar-refractivity contribution in [3.05, 3.63) is 0 Å². The molecule has 0 aromatic carbocycles. The van der Waals surface area contributed by atoms with Crippen molar-refractivity contribution in [2.45, 2.75) is 54.0 Å². The van der Waals surface area contributed by atoms with E-state index in [4.69, 9.17) is 9.47 Å². The number of hydrogen-bond donors (Lipinski definition) is 0. The molecule has 0 aromatic heterocycles. The van der Waals surface area contributed by atoms with Crippen molar-refractivity contribution in [2.24, 2.45) is 22.1 Å². The van der Waals surface area contributed by atoms with Gasteiger partial charge in [-0.2, -0.15) is 0 Å². The van der Waals surface area contributed by atoms with Crippen molar-refractivity contribution < 1.29 is 19.1 Å². The molecule has 0 aliphatic rings. The molecule has 0 spiro atoms. The maximum atomic E-state index is 10.9. The molecule has 0 N–H and O–H groups in total. The normalized spacial score (nSPS) is 14.9. The van der Waals surface area contributed by atoms with Gasteiger partial charge < -0.3 is 9.47 Å². The van der Waals surface area contributed by atoms with Gasteiger partial charge in [0.05, 0.1) is 0 Å². The quantitative estimate of drug-likeness (QED) is 0.541. The topological polar surface area (TPSA) is 77.3 Å². The largest absolute Gasteiger partial charge is 0.438 e. The van der Waals surface area contributed by atoms with Crippen LogP contribution in [0.4, 0.5) is 0 Å². The van der Waals surface area contributed by atoms with Crippen LogP contribution in [0.2, 0.25) is 0 Å². The van der Waals surface area contributed by atoms with Gasteiger partial charge in [0.1, 0.15) is 0 Å². The summed E-state index contributed by atoms with van der Waals surface area (Å²) in [5.74, 6) is -0.826. The highest BCUT2D eigenvalue weighted by molar-refractivity contribution is 5.66. The number of nitrogens with zero attached hydrogens (tertiary/aromatic N) is 2. The molecule has 0 aliphatic carbocycles. The van der Waals surface area contributed by atoms with Gasteiger partial charge in [0, 0.05) is 25.7 Å². The zero-order valence-corrected chi connectivity index (χ0v) is 11.8. The lowest BCUT2D eigenvalue weighted by molar-refractivity contribution is -0.151. The van der Waals surface area contributed by atoms with Gasteiger partial charge in [-0.05, 0) is 0 Å². The van der Waals surface area contributed by atoms with Crippen molar-refractivity contribution in [1.29, 1.82) is 0 Å². The van der Waals surface area contributed by atoms with E-state index in [9.17, 15) is 9.59 Å². The smallest absolute Gasteiger partial charge is 0.304 e. The summed E-state index contributed by atoms with van der Waals surface area (Å²) in [5.41, 5.74) is 0. The average molecular weight is 258 g/mol. The number of carbonyl (C=O) groups excluding carboxylic acids is 2. The summed E-state index contributed by atoms with van der Waals surface area (Å²) in [6, 6.07) is 0. The summed E-state index contributed by atoms with van der Waals surface area (Å²) in [4.78, 5) is 21.8. The second-order valence-corrected chi connectivity index (χ2v) is 4.72. The minimum absolute atomic E-state index is 0.00258. The number of ether oxygens (including phenoxy) is 2. The Balaban J connectivity index is 4.69. The van der Waals surface area contributed by atoms with Crippen LogP contribution >= 0.6 is 0 Å². The molecule has 18 heavy (non-hydrogen) atoms. The molecule has 2 atom stereocenters. The minimum atomic E-state index is -0.653. The fourth-order valence-corrected chi connectivity index (χ4v) is 1.06. The fraction of sp³-hybridized carbons (Fsp3) is 0.833. The lowest BCUT2D eigenvalue weighted by atomic mass is 10.2. The molecule has 0 rings (SSSR count). The predicted molar refractivity (Wildman–Crippen MR) is 65.6 cm³/mol. The van der Waals surface area contributed by atoms with E-state index in [2.05, 4.69) is 10.2 Å². The van der Waals surface area contributed by atoms with Gasteiger partial charge in [0.15, 0.2) is 0 Å². The van der Waals surface area contributed by atoms with Crippen LogP contribution in [0.25, 0.3) is 0 Å². The highest BCUT2D eigenvalue weighted by Gasteiger charge is 2.19. The molecule has 0 aliphatic heterocycles. The van der Waals surface area contributed by atoms with E-state index in [0.717, 1.165) is 0 Å². The van der Waals surface area contributed by atoms with Crippen molar-refractivity contribution in [2.75, 3.05) is 0 Å². The number of azo groups is 1. The van der Waals surface area contributed by atoms with Crippen molar-refractivity contribution >= 4 is 11.9 Å². The molecule has 0 heterocycles. The summed E-state index contributed by atoms with van der Waals surface area (Å²) >= 11 is 0. The SMILES string of the molecule is CC(=O)OC(/N=N/C(OC(C)=O)C(C)C)C(C)C. The van der Waals surface area contributed by atoms with Crippen molar-refractivity contribution in [3.63, 3.8) is 0 Å². The van der Waals surface area contributed by atoms with E-state index in [1.807, 2.05) is 27.7 Å². The Morgan fingerprint density at radius 2 is 1.06 bits per heavy atom. The Hall–Kier alpha value is -1.46. The molecule has 6 nitrogen and oxygen atoms in total.